The molecule has 1 saturated carbocycles. The van der Waals surface area contributed by atoms with Crippen LogP contribution in [0.4, 0.5) is 0 Å². The maximum absolute atomic E-state index is 10.3. The topological polar surface area (TPSA) is 56.5 Å². The van der Waals surface area contributed by atoms with Gasteiger partial charge in [0.05, 0.1) is 17.2 Å². The van der Waals surface area contributed by atoms with Gasteiger partial charge < -0.3 is 14.7 Å². The molecule has 1 aromatic rings. The molecule has 108 valence electrons. The van der Waals surface area contributed by atoms with Crippen LogP contribution in [-0.2, 0) is 0 Å². The number of benzene rings is 1. The zero-order valence-corrected chi connectivity index (χ0v) is 12.0. The monoisotopic (exact) mass is 274 g/mol. The van der Waals surface area contributed by atoms with Crippen LogP contribution in [0.15, 0.2) is 24.3 Å². The van der Waals surface area contributed by atoms with E-state index in [-0.39, 0.29) is 0 Å². The third-order valence-corrected chi connectivity index (χ3v) is 3.80. The smallest absolute Gasteiger partial charge is 0.120 e. The van der Waals surface area contributed by atoms with Crippen LogP contribution in [0.2, 0.25) is 0 Å². The van der Waals surface area contributed by atoms with E-state index in [9.17, 15) is 5.11 Å². The van der Waals surface area contributed by atoms with Crippen LogP contribution in [0.5, 0.6) is 5.75 Å². The Hall–Kier alpha value is -1.57. The fourth-order valence-corrected chi connectivity index (χ4v) is 2.75. The molecule has 1 fully saturated rings. The summed E-state index contributed by atoms with van der Waals surface area (Å²) >= 11 is 0. The molecule has 0 atom stereocenters. The molecular weight excluding hydrogens is 252 g/mol. The highest BCUT2D eigenvalue weighted by atomic mass is 16.5. The quantitative estimate of drug-likeness (QED) is 0.864. The van der Waals surface area contributed by atoms with E-state index in [0.717, 1.165) is 38.0 Å². The molecule has 0 amide bonds. The Morgan fingerprint density at radius 2 is 2.15 bits per heavy atom. The van der Waals surface area contributed by atoms with Gasteiger partial charge in [0.1, 0.15) is 12.4 Å². The SMILES string of the molecule is CN(CCOc1cccc(C#N)c1)CC1(O)CCCC1. The number of hydrogen-bond donors (Lipinski definition) is 1. The summed E-state index contributed by atoms with van der Waals surface area (Å²) in [4.78, 5) is 2.11. The van der Waals surface area contributed by atoms with Crippen molar-refractivity contribution < 1.29 is 9.84 Å². The van der Waals surface area contributed by atoms with Gasteiger partial charge in [0, 0.05) is 13.1 Å². The molecular formula is C16H22N2O2. The summed E-state index contributed by atoms with van der Waals surface area (Å²) in [6.07, 6.45) is 4.06. The van der Waals surface area contributed by atoms with E-state index in [0.29, 0.717) is 18.7 Å². The van der Waals surface area contributed by atoms with Gasteiger partial charge in [-0.1, -0.05) is 18.9 Å². The largest absolute Gasteiger partial charge is 0.492 e. The first-order valence-corrected chi connectivity index (χ1v) is 7.15. The van der Waals surface area contributed by atoms with Gasteiger partial charge >= 0.3 is 0 Å². The number of nitrogens with zero attached hydrogens (tertiary/aromatic N) is 2. The van der Waals surface area contributed by atoms with E-state index in [1.165, 1.54) is 0 Å². The second kappa shape index (κ2) is 6.74. The number of hydrogen-bond acceptors (Lipinski definition) is 4. The fraction of sp³-hybridized carbons (Fsp3) is 0.562. The van der Waals surface area contributed by atoms with E-state index in [1.54, 1.807) is 12.1 Å². The van der Waals surface area contributed by atoms with Gasteiger partial charge in [-0.25, -0.2) is 0 Å². The summed E-state index contributed by atoms with van der Waals surface area (Å²) in [5.41, 5.74) is 0.103. The molecule has 4 heteroatoms. The molecule has 0 aliphatic heterocycles. The summed E-state index contributed by atoms with van der Waals surface area (Å²) in [5, 5.41) is 19.1. The molecule has 0 radical (unpaired) electrons. The first-order valence-electron chi connectivity index (χ1n) is 7.15. The maximum atomic E-state index is 10.3. The first kappa shape index (κ1) is 14.8. The lowest BCUT2D eigenvalue weighted by Gasteiger charge is -2.28. The van der Waals surface area contributed by atoms with E-state index in [4.69, 9.17) is 10.00 Å². The summed E-state index contributed by atoms with van der Waals surface area (Å²) in [6.45, 7) is 2.02. The Morgan fingerprint density at radius 1 is 1.40 bits per heavy atom. The molecule has 1 N–H and O–H groups in total. The van der Waals surface area contributed by atoms with Gasteiger partial charge in [-0.3, -0.25) is 0 Å². The molecule has 0 bridgehead atoms. The van der Waals surface area contributed by atoms with Crippen LogP contribution in [-0.4, -0.2) is 42.4 Å². The zero-order chi connectivity index (χ0) is 14.4. The van der Waals surface area contributed by atoms with Crippen molar-refractivity contribution >= 4 is 0 Å². The number of ether oxygens (including phenoxy) is 1. The van der Waals surface area contributed by atoms with Crippen molar-refractivity contribution in [3.8, 4) is 11.8 Å². The van der Waals surface area contributed by atoms with Gasteiger partial charge in [0.15, 0.2) is 0 Å². The van der Waals surface area contributed by atoms with Gasteiger partial charge in [0.2, 0.25) is 0 Å². The molecule has 1 aliphatic rings. The first-order chi connectivity index (χ1) is 9.61. The summed E-state index contributed by atoms with van der Waals surface area (Å²) in [5.74, 6) is 0.719. The van der Waals surface area contributed by atoms with Crippen molar-refractivity contribution in [3.63, 3.8) is 0 Å². The molecule has 20 heavy (non-hydrogen) atoms. The highest BCUT2D eigenvalue weighted by molar-refractivity contribution is 5.36. The van der Waals surface area contributed by atoms with Crippen LogP contribution in [0.3, 0.4) is 0 Å². The van der Waals surface area contributed by atoms with Crippen LogP contribution < -0.4 is 4.74 Å². The lowest BCUT2D eigenvalue weighted by Crippen LogP contribution is -2.40. The van der Waals surface area contributed by atoms with Crippen LogP contribution >= 0.6 is 0 Å². The van der Waals surface area contributed by atoms with Gasteiger partial charge in [0.25, 0.3) is 0 Å². The Kier molecular flexibility index (Phi) is 4.99. The normalized spacial score (nSPS) is 17.1. The van der Waals surface area contributed by atoms with E-state index >= 15 is 0 Å². The van der Waals surface area contributed by atoms with Crippen LogP contribution in [0.25, 0.3) is 0 Å². The minimum atomic E-state index is -0.504. The van der Waals surface area contributed by atoms with Crippen LogP contribution in [0.1, 0.15) is 31.2 Å². The number of nitriles is 1. The lowest BCUT2D eigenvalue weighted by molar-refractivity contribution is 0.0139. The maximum Gasteiger partial charge on any atom is 0.120 e. The average molecular weight is 274 g/mol. The van der Waals surface area contributed by atoms with E-state index < -0.39 is 5.60 Å². The Balaban J connectivity index is 1.73. The Bertz CT molecular complexity index is 476. The number of aliphatic hydroxyl groups is 1. The second-order valence-corrected chi connectivity index (χ2v) is 5.66. The molecule has 2 rings (SSSR count). The van der Waals surface area contributed by atoms with Gasteiger partial charge in [-0.05, 0) is 38.1 Å². The van der Waals surface area contributed by atoms with Crippen molar-refractivity contribution in [2.45, 2.75) is 31.3 Å². The van der Waals surface area contributed by atoms with E-state index in [2.05, 4.69) is 11.0 Å². The third kappa shape index (κ3) is 4.22. The van der Waals surface area contributed by atoms with Crippen molar-refractivity contribution in [2.24, 2.45) is 0 Å². The van der Waals surface area contributed by atoms with Crippen molar-refractivity contribution in [1.29, 1.82) is 5.26 Å². The highest BCUT2D eigenvalue weighted by Gasteiger charge is 2.31. The van der Waals surface area contributed by atoms with E-state index in [1.807, 2.05) is 19.2 Å². The van der Waals surface area contributed by atoms with Crippen molar-refractivity contribution in [3.05, 3.63) is 29.8 Å². The minimum absolute atomic E-state index is 0.504. The molecule has 1 aromatic carbocycles. The Morgan fingerprint density at radius 3 is 2.85 bits per heavy atom. The fourth-order valence-electron chi connectivity index (χ4n) is 2.75. The standard InChI is InChI=1S/C16H22N2O2/c1-18(13-16(19)7-2-3-8-16)9-10-20-15-6-4-5-14(11-15)12-17/h4-6,11,19H,2-3,7-10,13H2,1H3. The summed E-state index contributed by atoms with van der Waals surface area (Å²) < 4.78 is 5.64. The second-order valence-electron chi connectivity index (χ2n) is 5.66. The van der Waals surface area contributed by atoms with Gasteiger partial charge in [-0.2, -0.15) is 5.26 Å². The van der Waals surface area contributed by atoms with Crippen LogP contribution in [0, 0.1) is 11.3 Å². The zero-order valence-electron chi connectivity index (χ0n) is 12.0. The minimum Gasteiger partial charge on any atom is -0.492 e. The van der Waals surface area contributed by atoms with Gasteiger partial charge in [-0.15, -0.1) is 0 Å². The van der Waals surface area contributed by atoms with Crippen molar-refractivity contribution in [1.82, 2.24) is 4.90 Å². The third-order valence-electron chi connectivity index (χ3n) is 3.80. The summed E-state index contributed by atoms with van der Waals surface area (Å²) in [6, 6.07) is 9.27. The van der Waals surface area contributed by atoms with Crippen molar-refractivity contribution in [2.75, 3.05) is 26.7 Å². The molecule has 1 aliphatic carbocycles. The molecule has 0 aromatic heterocycles. The molecule has 0 spiro atoms. The lowest BCUT2D eigenvalue weighted by atomic mass is 10.0. The predicted molar refractivity (Wildman–Crippen MR) is 77.6 cm³/mol. The predicted octanol–water partition coefficient (Wildman–Crippen LogP) is 2.17. The highest BCUT2D eigenvalue weighted by Crippen LogP contribution is 2.29. The number of likely N-dealkylation sites (N-methyl/N-ethyl adjacent to an activating group) is 1. The molecule has 0 heterocycles. The Labute approximate surface area is 120 Å². The summed E-state index contributed by atoms with van der Waals surface area (Å²) in [7, 11) is 2.01. The molecule has 0 unspecified atom stereocenters. The molecule has 4 nitrogen and oxygen atoms in total. The molecule has 0 saturated heterocycles. The number of rotatable bonds is 6. The average Bonchev–Trinajstić information content (AvgIpc) is 2.85.